The number of alkyl halides is 4. The summed E-state index contributed by atoms with van der Waals surface area (Å²) in [6, 6.07) is 1.79. The van der Waals surface area contributed by atoms with Crippen molar-refractivity contribution >= 4 is 54.4 Å². The average Bonchev–Trinajstić information content (AvgIpc) is 3.22. The standard InChI is InChI=1S/C18H14ClF4N5O5S2/c19-16-24-7-12-13(25-16)26-17(34-12)27-5-6-28(11(8-27)14(29)30)35(31,32)10-3-1-9(2-4-10)33-18(22,23)15(20)21/h1-4,7,11,15H,5-6,8H2,(H,29,30)/t11-/m1/s1. The van der Waals surface area contributed by atoms with E-state index in [-0.39, 0.29) is 24.9 Å². The van der Waals surface area contributed by atoms with Crippen LogP contribution >= 0.6 is 22.9 Å². The van der Waals surface area contributed by atoms with Crippen LogP contribution in [0.5, 0.6) is 5.75 Å². The molecule has 1 atom stereocenters. The summed E-state index contributed by atoms with van der Waals surface area (Å²) < 4.78 is 82.3. The molecule has 0 amide bonds. The summed E-state index contributed by atoms with van der Waals surface area (Å²) in [5, 5.41) is 10.1. The molecule has 0 saturated carbocycles. The number of ether oxygens (including phenoxy) is 1. The smallest absolute Gasteiger partial charge is 0.461 e. The highest BCUT2D eigenvalue weighted by molar-refractivity contribution is 7.89. The molecule has 1 aliphatic rings. The third-order valence-electron chi connectivity index (χ3n) is 4.93. The predicted molar refractivity (Wildman–Crippen MR) is 116 cm³/mol. The minimum atomic E-state index is -4.76. The van der Waals surface area contributed by atoms with Gasteiger partial charge in [0.05, 0.1) is 15.8 Å². The van der Waals surface area contributed by atoms with Crippen molar-refractivity contribution in [2.75, 3.05) is 24.5 Å². The Kier molecular flexibility index (Phi) is 6.74. The molecule has 1 aromatic carbocycles. The summed E-state index contributed by atoms with van der Waals surface area (Å²) in [5.74, 6) is -2.10. The van der Waals surface area contributed by atoms with Crippen LogP contribution in [-0.2, 0) is 14.8 Å². The summed E-state index contributed by atoms with van der Waals surface area (Å²) in [4.78, 5) is 25.3. The van der Waals surface area contributed by atoms with Crippen molar-refractivity contribution in [2.45, 2.75) is 23.5 Å². The summed E-state index contributed by atoms with van der Waals surface area (Å²) in [5.41, 5.74) is 0.312. The van der Waals surface area contributed by atoms with Crippen molar-refractivity contribution in [3.8, 4) is 5.75 Å². The van der Waals surface area contributed by atoms with E-state index in [9.17, 15) is 35.9 Å². The minimum Gasteiger partial charge on any atom is -0.480 e. The van der Waals surface area contributed by atoms with Crippen molar-refractivity contribution < 1.29 is 40.6 Å². The van der Waals surface area contributed by atoms with Gasteiger partial charge in [0.1, 0.15) is 11.8 Å². The van der Waals surface area contributed by atoms with E-state index < -0.39 is 45.2 Å². The number of hydrogen-bond donors (Lipinski definition) is 1. The van der Waals surface area contributed by atoms with Crippen LogP contribution in [0.3, 0.4) is 0 Å². The fraction of sp³-hybridized carbons (Fsp3) is 0.333. The number of benzene rings is 1. The first kappa shape index (κ1) is 25.3. The zero-order valence-corrected chi connectivity index (χ0v) is 19.6. The van der Waals surface area contributed by atoms with Crippen LogP contribution in [0.2, 0.25) is 5.28 Å². The van der Waals surface area contributed by atoms with Crippen LogP contribution < -0.4 is 9.64 Å². The molecule has 2 aromatic heterocycles. The third kappa shape index (κ3) is 5.10. The molecule has 1 saturated heterocycles. The number of fused-ring (bicyclic) bond motifs is 1. The molecule has 17 heteroatoms. The van der Waals surface area contributed by atoms with Gasteiger partial charge in [-0.25, -0.2) is 13.4 Å². The Labute approximate surface area is 203 Å². The van der Waals surface area contributed by atoms with Gasteiger partial charge in [-0.05, 0) is 35.9 Å². The minimum absolute atomic E-state index is 0.0111. The van der Waals surface area contributed by atoms with Gasteiger partial charge in [-0.2, -0.15) is 31.8 Å². The zero-order chi connectivity index (χ0) is 25.5. The Morgan fingerprint density at radius 3 is 2.54 bits per heavy atom. The van der Waals surface area contributed by atoms with Crippen LogP contribution in [0.15, 0.2) is 35.4 Å². The van der Waals surface area contributed by atoms with E-state index in [0.29, 0.717) is 15.5 Å². The number of rotatable bonds is 7. The number of thiazole rings is 1. The maximum Gasteiger partial charge on any atom is 0.461 e. The van der Waals surface area contributed by atoms with E-state index in [0.717, 1.165) is 28.6 Å². The molecule has 0 spiro atoms. The monoisotopic (exact) mass is 555 g/mol. The normalized spacial score (nSPS) is 17.8. The van der Waals surface area contributed by atoms with Crippen LogP contribution in [0.1, 0.15) is 0 Å². The van der Waals surface area contributed by atoms with E-state index in [1.165, 1.54) is 17.5 Å². The first-order valence-electron chi connectivity index (χ1n) is 9.62. The number of aromatic nitrogens is 3. The first-order valence-corrected chi connectivity index (χ1v) is 12.3. The Hall–Kier alpha value is -2.82. The Morgan fingerprint density at radius 1 is 1.23 bits per heavy atom. The van der Waals surface area contributed by atoms with Crippen molar-refractivity contribution in [3.63, 3.8) is 0 Å². The molecule has 4 rings (SSSR count). The molecule has 0 radical (unpaired) electrons. The molecule has 1 fully saturated rings. The molecule has 188 valence electrons. The van der Waals surface area contributed by atoms with E-state index in [1.54, 1.807) is 4.90 Å². The van der Waals surface area contributed by atoms with E-state index in [4.69, 9.17) is 11.6 Å². The second-order valence-corrected chi connectivity index (χ2v) is 10.4. The number of halogens is 5. The summed E-state index contributed by atoms with van der Waals surface area (Å²) in [6.07, 6.45) is -7.38. The topological polar surface area (TPSA) is 126 Å². The molecule has 3 heterocycles. The number of sulfonamides is 1. The number of nitrogens with zero attached hydrogens (tertiary/aromatic N) is 5. The highest BCUT2D eigenvalue weighted by Crippen LogP contribution is 2.32. The maximum atomic E-state index is 13.1. The summed E-state index contributed by atoms with van der Waals surface area (Å²) >= 11 is 6.94. The second kappa shape index (κ2) is 9.33. The fourth-order valence-corrected chi connectivity index (χ4v) is 5.89. The number of carboxylic acids is 1. The maximum absolute atomic E-state index is 13.1. The van der Waals surface area contributed by atoms with E-state index in [1.807, 2.05) is 0 Å². The van der Waals surface area contributed by atoms with Gasteiger partial charge in [-0.1, -0.05) is 11.3 Å². The summed E-state index contributed by atoms with van der Waals surface area (Å²) in [7, 11) is -4.39. The van der Waals surface area contributed by atoms with E-state index in [2.05, 4.69) is 19.7 Å². The van der Waals surface area contributed by atoms with Crippen molar-refractivity contribution in [1.82, 2.24) is 19.3 Å². The van der Waals surface area contributed by atoms with Gasteiger partial charge in [-0.15, -0.1) is 0 Å². The van der Waals surface area contributed by atoms with Crippen molar-refractivity contribution in [3.05, 3.63) is 35.7 Å². The lowest BCUT2D eigenvalue weighted by molar-refractivity contribution is -0.253. The van der Waals surface area contributed by atoms with Gasteiger partial charge in [0.2, 0.25) is 15.3 Å². The summed E-state index contributed by atoms with van der Waals surface area (Å²) in [6.45, 7) is -0.382. The quantitative estimate of drug-likeness (QED) is 0.346. The lowest BCUT2D eigenvalue weighted by Gasteiger charge is -2.38. The van der Waals surface area contributed by atoms with Crippen LogP contribution in [0, 0.1) is 0 Å². The largest absolute Gasteiger partial charge is 0.480 e. The number of piperazine rings is 1. The molecule has 0 aliphatic carbocycles. The number of hydrogen-bond acceptors (Lipinski definition) is 9. The Balaban J connectivity index is 1.55. The molecule has 10 nitrogen and oxygen atoms in total. The van der Waals surface area contributed by atoms with Gasteiger partial charge < -0.3 is 14.7 Å². The molecule has 0 unspecified atom stereocenters. The van der Waals surface area contributed by atoms with Gasteiger partial charge in [0, 0.05) is 19.6 Å². The Bertz CT molecular complexity index is 1360. The second-order valence-electron chi connectivity index (χ2n) is 7.18. The molecular weight excluding hydrogens is 542 g/mol. The molecule has 35 heavy (non-hydrogen) atoms. The Morgan fingerprint density at radius 2 is 1.91 bits per heavy atom. The number of aliphatic carboxylic acids is 1. The zero-order valence-electron chi connectivity index (χ0n) is 17.2. The van der Waals surface area contributed by atoms with Crippen molar-refractivity contribution in [2.24, 2.45) is 0 Å². The molecule has 1 N–H and O–H groups in total. The predicted octanol–water partition coefficient (Wildman–Crippen LogP) is 2.94. The highest BCUT2D eigenvalue weighted by atomic mass is 35.5. The molecular formula is C18H14ClF4N5O5S2. The lowest BCUT2D eigenvalue weighted by atomic mass is 10.2. The lowest BCUT2D eigenvalue weighted by Crippen LogP contribution is -2.58. The van der Waals surface area contributed by atoms with Gasteiger partial charge in [0.15, 0.2) is 10.8 Å². The molecule has 3 aromatic rings. The first-order chi connectivity index (χ1) is 16.4. The third-order valence-corrected chi connectivity index (χ3v) is 8.08. The molecule has 1 aliphatic heterocycles. The number of anilines is 1. The average molecular weight is 556 g/mol. The van der Waals surface area contributed by atoms with Gasteiger partial charge >= 0.3 is 18.5 Å². The van der Waals surface area contributed by atoms with Gasteiger partial charge in [-0.3, -0.25) is 4.79 Å². The van der Waals surface area contributed by atoms with Crippen LogP contribution in [-0.4, -0.2) is 77.0 Å². The SMILES string of the molecule is O=C(O)[C@H]1CN(c2nc3nc(Cl)ncc3s2)CCN1S(=O)(=O)c1ccc(OC(F)(F)C(F)F)cc1. The van der Waals surface area contributed by atoms with E-state index >= 15 is 0 Å². The number of carbonyl (C=O) groups is 1. The van der Waals surface area contributed by atoms with Crippen LogP contribution in [0.4, 0.5) is 22.7 Å². The molecule has 0 bridgehead atoms. The highest BCUT2D eigenvalue weighted by Gasteiger charge is 2.44. The van der Waals surface area contributed by atoms with Crippen LogP contribution in [0.25, 0.3) is 10.3 Å². The van der Waals surface area contributed by atoms with Gasteiger partial charge in [0.25, 0.3) is 0 Å². The number of carboxylic acid groups (broad SMARTS) is 1. The fourth-order valence-electron chi connectivity index (χ4n) is 3.29. The van der Waals surface area contributed by atoms with Crippen molar-refractivity contribution in [1.29, 1.82) is 0 Å².